The summed E-state index contributed by atoms with van der Waals surface area (Å²) in [5.41, 5.74) is 0.900. The van der Waals surface area contributed by atoms with Gasteiger partial charge in [0.1, 0.15) is 17.5 Å². The number of rotatable bonds is 10. The molecule has 6 nitrogen and oxygen atoms in total. The van der Waals surface area contributed by atoms with Crippen LogP contribution in [-0.4, -0.2) is 42.5 Å². The van der Waals surface area contributed by atoms with E-state index >= 15 is 0 Å². The van der Waals surface area contributed by atoms with Gasteiger partial charge in [-0.15, -0.1) is 0 Å². The van der Waals surface area contributed by atoms with Crippen molar-refractivity contribution < 1.29 is 19.1 Å². The van der Waals surface area contributed by atoms with Gasteiger partial charge >= 0.3 is 0 Å². The third-order valence-corrected chi connectivity index (χ3v) is 6.33. The third kappa shape index (κ3) is 6.29. The normalized spacial score (nSPS) is 11.8. The largest absolute Gasteiger partial charge is 0.497 e. The summed E-state index contributed by atoms with van der Waals surface area (Å²) < 4.78 is 12.0. The van der Waals surface area contributed by atoms with Gasteiger partial charge in [-0.2, -0.15) is 0 Å². The van der Waals surface area contributed by atoms with Crippen molar-refractivity contribution in [3.8, 4) is 11.5 Å². The molecule has 3 aromatic rings. The zero-order chi connectivity index (χ0) is 24.7. The first kappa shape index (κ1) is 25.6. The number of carbonyl (C=O) groups excluding carboxylic acids is 2. The number of benzene rings is 3. The lowest BCUT2D eigenvalue weighted by Crippen LogP contribution is -2.51. The Morgan fingerprint density at radius 3 is 2.38 bits per heavy atom. The minimum atomic E-state index is -0.611. The highest BCUT2D eigenvalue weighted by Crippen LogP contribution is 2.33. The molecule has 0 spiro atoms. The molecule has 3 rings (SSSR count). The lowest BCUT2D eigenvalue weighted by atomic mass is 10.1. The number of halogens is 1. The molecular formula is C27H31BrN2O4. The maximum absolute atomic E-state index is 13.4. The molecule has 0 aliphatic rings. The van der Waals surface area contributed by atoms with Gasteiger partial charge in [0.15, 0.2) is 6.61 Å². The van der Waals surface area contributed by atoms with E-state index in [9.17, 15) is 9.59 Å². The SMILES string of the molecule is CCC(C(=O)NC(C)C)N(Cc1ccc(OC)cc1)C(=O)COc1ccc2ccccc2c1Br. The number of fused-ring (bicyclic) bond motifs is 1. The van der Waals surface area contributed by atoms with Gasteiger partial charge in [-0.1, -0.05) is 49.4 Å². The van der Waals surface area contributed by atoms with E-state index in [1.807, 2.05) is 81.4 Å². The van der Waals surface area contributed by atoms with Crippen molar-refractivity contribution >= 4 is 38.5 Å². The van der Waals surface area contributed by atoms with Crippen LogP contribution in [0.5, 0.6) is 11.5 Å². The van der Waals surface area contributed by atoms with Gasteiger partial charge in [-0.05, 0) is 70.7 Å². The molecule has 0 heterocycles. The lowest BCUT2D eigenvalue weighted by molar-refractivity contribution is -0.143. The van der Waals surface area contributed by atoms with Crippen molar-refractivity contribution in [2.24, 2.45) is 0 Å². The van der Waals surface area contributed by atoms with Crippen LogP contribution < -0.4 is 14.8 Å². The Hall–Kier alpha value is -3.06. The molecule has 0 bridgehead atoms. The van der Waals surface area contributed by atoms with Gasteiger partial charge in [-0.25, -0.2) is 0 Å². The van der Waals surface area contributed by atoms with Crippen LogP contribution >= 0.6 is 15.9 Å². The van der Waals surface area contributed by atoms with E-state index in [0.29, 0.717) is 12.2 Å². The highest BCUT2D eigenvalue weighted by molar-refractivity contribution is 9.10. The zero-order valence-corrected chi connectivity index (χ0v) is 21.6. The molecule has 34 heavy (non-hydrogen) atoms. The van der Waals surface area contributed by atoms with E-state index in [0.717, 1.165) is 26.6 Å². The monoisotopic (exact) mass is 526 g/mol. The van der Waals surface area contributed by atoms with E-state index in [1.165, 1.54) is 0 Å². The molecule has 1 N–H and O–H groups in total. The molecule has 0 saturated carbocycles. The van der Waals surface area contributed by atoms with Crippen LogP contribution in [-0.2, 0) is 16.1 Å². The molecule has 0 saturated heterocycles. The molecule has 1 unspecified atom stereocenters. The second-order valence-electron chi connectivity index (χ2n) is 8.34. The Kier molecular flexibility index (Phi) is 8.93. The number of hydrogen-bond donors (Lipinski definition) is 1. The summed E-state index contributed by atoms with van der Waals surface area (Å²) in [6.45, 7) is 5.81. The Morgan fingerprint density at radius 2 is 1.74 bits per heavy atom. The van der Waals surface area contributed by atoms with Crippen LogP contribution in [0.1, 0.15) is 32.8 Å². The third-order valence-electron chi connectivity index (χ3n) is 5.51. The van der Waals surface area contributed by atoms with E-state index < -0.39 is 6.04 Å². The van der Waals surface area contributed by atoms with E-state index in [4.69, 9.17) is 9.47 Å². The van der Waals surface area contributed by atoms with Crippen molar-refractivity contribution in [2.45, 2.75) is 45.8 Å². The Balaban J connectivity index is 1.82. The van der Waals surface area contributed by atoms with Gasteiger partial charge in [0.2, 0.25) is 5.91 Å². The fourth-order valence-corrected chi connectivity index (χ4v) is 4.38. The zero-order valence-electron chi connectivity index (χ0n) is 20.0. The molecule has 2 amide bonds. The van der Waals surface area contributed by atoms with Crippen LogP contribution in [0.3, 0.4) is 0 Å². The number of hydrogen-bond acceptors (Lipinski definition) is 4. The average Bonchev–Trinajstić information content (AvgIpc) is 2.83. The number of methoxy groups -OCH3 is 1. The summed E-state index contributed by atoms with van der Waals surface area (Å²) in [5, 5.41) is 5.01. The van der Waals surface area contributed by atoms with Crippen LogP contribution in [0, 0.1) is 0 Å². The fraction of sp³-hybridized carbons (Fsp3) is 0.333. The quantitative estimate of drug-likeness (QED) is 0.388. The molecule has 0 aromatic heterocycles. The minimum absolute atomic E-state index is 0.0238. The van der Waals surface area contributed by atoms with Crippen molar-refractivity contribution in [1.82, 2.24) is 10.2 Å². The number of nitrogens with zero attached hydrogens (tertiary/aromatic N) is 1. The summed E-state index contributed by atoms with van der Waals surface area (Å²) in [6.07, 6.45) is 0.486. The summed E-state index contributed by atoms with van der Waals surface area (Å²) in [5.74, 6) is 0.875. The van der Waals surface area contributed by atoms with Crippen molar-refractivity contribution in [2.75, 3.05) is 13.7 Å². The van der Waals surface area contributed by atoms with Crippen molar-refractivity contribution in [3.63, 3.8) is 0 Å². The molecule has 1 atom stereocenters. The van der Waals surface area contributed by atoms with Crippen LogP contribution in [0.25, 0.3) is 10.8 Å². The van der Waals surface area contributed by atoms with Gasteiger partial charge in [0.05, 0.1) is 11.6 Å². The summed E-state index contributed by atoms with van der Waals surface area (Å²) in [6, 6.07) is 18.6. The molecule has 0 radical (unpaired) electrons. The molecular weight excluding hydrogens is 496 g/mol. The first-order valence-corrected chi connectivity index (χ1v) is 12.2. The van der Waals surface area contributed by atoms with Crippen molar-refractivity contribution in [1.29, 1.82) is 0 Å². The second kappa shape index (κ2) is 11.9. The first-order chi connectivity index (χ1) is 16.3. The van der Waals surface area contributed by atoms with Gasteiger partial charge < -0.3 is 19.7 Å². The van der Waals surface area contributed by atoms with Gasteiger partial charge in [0.25, 0.3) is 5.91 Å². The number of ether oxygens (including phenoxy) is 2. The van der Waals surface area contributed by atoms with Crippen LogP contribution in [0.15, 0.2) is 65.1 Å². The van der Waals surface area contributed by atoms with Crippen LogP contribution in [0.4, 0.5) is 0 Å². The smallest absolute Gasteiger partial charge is 0.261 e. The average molecular weight is 527 g/mol. The predicted octanol–water partition coefficient (Wildman–Crippen LogP) is 5.32. The molecule has 180 valence electrons. The van der Waals surface area contributed by atoms with Crippen LogP contribution in [0.2, 0.25) is 0 Å². The standard InChI is InChI=1S/C27H31BrN2O4/c1-5-23(27(32)29-18(2)3)30(16-19-10-13-21(33-4)14-11-19)25(31)17-34-24-15-12-20-8-6-7-9-22(20)26(24)28/h6-15,18,23H,5,16-17H2,1-4H3,(H,29,32). The first-order valence-electron chi connectivity index (χ1n) is 11.4. The predicted molar refractivity (Wildman–Crippen MR) is 138 cm³/mol. The van der Waals surface area contributed by atoms with Gasteiger partial charge in [-0.3, -0.25) is 9.59 Å². The Labute approximate surface area is 209 Å². The number of nitrogens with one attached hydrogen (secondary N) is 1. The highest BCUT2D eigenvalue weighted by atomic mass is 79.9. The lowest BCUT2D eigenvalue weighted by Gasteiger charge is -2.31. The van der Waals surface area contributed by atoms with E-state index in [1.54, 1.807) is 12.0 Å². The molecule has 0 aliphatic heterocycles. The number of carbonyl (C=O) groups is 2. The number of amides is 2. The molecule has 0 aliphatic carbocycles. The topological polar surface area (TPSA) is 67.9 Å². The maximum Gasteiger partial charge on any atom is 0.261 e. The highest BCUT2D eigenvalue weighted by Gasteiger charge is 2.29. The molecule has 7 heteroatoms. The fourth-order valence-electron chi connectivity index (χ4n) is 3.78. The Bertz CT molecular complexity index is 1130. The molecule has 3 aromatic carbocycles. The second-order valence-corrected chi connectivity index (χ2v) is 9.14. The molecule has 0 fully saturated rings. The van der Waals surface area contributed by atoms with E-state index in [2.05, 4.69) is 21.2 Å². The summed E-state index contributed by atoms with van der Waals surface area (Å²) >= 11 is 3.60. The minimum Gasteiger partial charge on any atom is -0.497 e. The summed E-state index contributed by atoms with van der Waals surface area (Å²) in [7, 11) is 1.61. The summed E-state index contributed by atoms with van der Waals surface area (Å²) in [4.78, 5) is 27.9. The van der Waals surface area contributed by atoms with E-state index in [-0.39, 0.29) is 31.0 Å². The van der Waals surface area contributed by atoms with Gasteiger partial charge in [0, 0.05) is 12.6 Å². The Morgan fingerprint density at radius 1 is 1.03 bits per heavy atom. The van der Waals surface area contributed by atoms with Crippen molar-refractivity contribution in [3.05, 3.63) is 70.7 Å². The maximum atomic E-state index is 13.4.